The van der Waals surface area contributed by atoms with E-state index >= 15 is 0 Å². The fraction of sp³-hybridized carbons (Fsp3) is 0.211. The number of fused-ring (bicyclic) bond motifs is 1. The van der Waals surface area contributed by atoms with Crippen LogP contribution in [0.1, 0.15) is 18.9 Å². The van der Waals surface area contributed by atoms with Crippen LogP contribution in [0.4, 0.5) is 5.69 Å². The number of rotatable bonds is 4. The lowest BCUT2D eigenvalue weighted by Gasteiger charge is -2.07. The van der Waals surface area contributed by atoms with E-state index in [1.165, 1.54) is 0 Å². The Labute approximate surface area is 141 Å². The molecule has 0 amide bonds. The smallest absolute Gasteiger partial charge is 0.303 e. The van der Waals surface area contributed by atoms with Gasteiger partial charge in [-0.3, -0.25) is 4.79 Å². The number of benzene rings is 2. The molecule has 1 heterocycles. The number of carboxylic acid groups (broad SMARTS) is 1. The van der Waals surface area contributed by atoms with E-state index in [1.807, 2.05) is 54.2 Å². The number of hydrogen-bond donors (Lipinski definition) is 2. The minimum Gasteiger partial charge on any atom is -0.489 e. The van der Waals surface area contributed by atoms with Crippen LogP contribution >= 0.6 is 0 Å². The molecule has 3 aromatic rings. The molecule has 0 saturated heterocycles. The van der Waals surface area contributed by atoms with Gasteiger partial charge in [0, 0.05) is 31.1 Å². The zero-order valence-corrected chi connectivity index (χ0v) is 13.9. The van der Waals surface area contributed by atoms with Crippen molar-refractivity contribution in [3.05, 3.63) is 60.3 Å². The molecule has 0 aliphatic rings. The highest BCUT2D eigenvalue weighted by Crippen LogP contribution is 2.27. The number of nitrogens with zero attached hydrogens (tertiary/aromatic N) is 1. The van der Waals surface area contributed by atoms with Crippen LogP contribution in [-0.2, 0) is 18.4 Å². The average molecular weight is 326 g/mol. The largest absolute Gasteiger partial charge is 0.489 e. The van der Waals surface area contributed by atoms with E-state index in [0.717, 1.165) is 27.9 Å². The van der Waals surface area contributed by atoms with Crippen molar-refractivity contribution in [2.45, 2.75) is 20.0 Å². The van der Waals surface area contributed by atoms with Crippen LogP contribution in [0.15, 0.2) is 54.7 Å². The molecule has 126 valence electrons. The van der Waals surface area contributed by atoms with Gasteiger partial charge in [0.05, 0.1) is 11.2 Å². The van der Waals surface area contributed by atoms with E-state index in [-0.39, 0.29) is 6.42 Å². The highest BCUT2D eigenvalue weighted by Gasteiger charge is 2.05. The lowest BCUT2D eigenvalue weighted by atomic mass is 10.2. The normalized spacial score (nSPS) is 10.1. The number of anilines is 1. The van der Waals surface area contributed by atoms with Crippen molar-refractivity contribution in [3.8, 4) is 5.75 Å². The van der Waals surface area contributed by atoms with Crippen LogP contribution < -0.4 is 10.5 Å². The number of carbonyl (C=O) groups is 1. The lowest BCUT2D eigenvalue weighted by molar-refractivity contribution is -0.136. The Hall–Kier alpha value is -2.95. The van der Waals surface area contributed by atoms with Gasteiger partial charge in [0.2, 0.25) is 0 Å². The van der Waals surface area contributed by atoms with Crippen molar-refractivity contribution in [1.29, 1.82) is 0 Å². The molecule has 0 fully saturated rings. The summed E-state index contributed by atoms with van der Waals surface area (Å²) >= 11 is 0. The number of aromatic nitrogens is 1. The van der Waals surface area contributed by atoms with Gasteiger partial charge in [0.25, 0.3) is 0 Å². The van der Waals surface area contributed by atoms with Gasteiger partial charge >= 0.3 is 5.97 Å². The topological polar surface area (TPSA) is 77.5 Å². The summed E-state index contributed by atoms with van der Waals surface area (Å²) in [4.78, 5) is 9.37. The van der Waals surface area contributed by atoms with Crippen molar-refractivity contribution < 1.29 is 14.6 Å². The number of aryl methyl sites for hydroxylation is 1. The third-order valence-electron chi connectivity index (χ3n) is 3.54. The van der Waals surface area contributed by atoms with E-state index in [0.29, 0.717) is 6.61 Å². The lowest BCUT2D eigenvalue weighted by Crippen LogP contribution is -1.95. The van der Waals surface area contributed by atoms with Crippen LogP contribution in [0.25, 0.3) is 10.9 Å². The molecule has 0 aliphatic carbocycles. The van der Waals surface area contributed by atoms with E-state index in [1.54, 1.807) is 6.92 Å². The summed E-state index contributed by atoms with van der Waals surface area (Å²) in [5.74, 6) is 0.113. The maximum Gasteiger partial charge on any atom is 0.303 e. The first-order valence-corrected chi connectivity index (χ1v) is 7.74. The number of nitrogens with two attached hydrogens (primary N) is 1. The zero-order chi connectivity index (χ0) is 17.5. The Morgan fingerprint density at radius 1 is 1.21 bits per heavy atom. The number of carboxylic acids is 1. The van der Waals surface area contributed by atoms with Crippen molar-refractivity contribution in [2.24, 2.45) is 7.05 Å². The second kappa shape index (κ2) is 8.06. The molecule has 1 aromatic heterocycles. The van der Waals surface area contributed by atoms with E-state index in [4.69, 9.17) is 15.6 Å². The molecule has 2 aromatic carbocycles. The molecule has 3 N–H and O–H groups in total. The summed E-state index contributed by atoms with van der Waals surface area (Å²) in [6.45, 7) is 2.18. The molecule has 0 bridgehead atoms. The standard InChI is InChI=1S/C16H16N2O.C3H6O2/c1-18-10-15(17)14-8-7-13(9-16(14)18)19-11-12-5-3-2-4-6-12;1-2-3(4)5/h2-10H,11,17H2,1H3;2H2,1H3,(H,4,5). The third kappa shape index (κ3) is 4.52. The van der Waals surface area contributed by atoms with Crippen molar-refractivity contribution >= 4 is 22.6 Å². The summed E-state index contributed by atoms with van der Waals surface area (Å²) in [7, 11) is 1.99. The van der Waals surface area contributed by atoms with Gasteiger partial charge < -0.3 is 20.1 Å². The fourth-order valence-corrected chi connectivity index (χ4v) is 2.23. The Kier molecular flexibility index (Phi) is 5.84. The molecular formula is C19H22N2O3. The SMILES string of the molecule is CCC(=O)O.Cn1cc(N)c2ccc(OCc3ccccc3)cc21. The molecule has 24 heavy (non-hydrogen) atoms. The minimum absolute atomic E-state index is 0.222. The van der Waals surface area contributed by atoms with Crippen LogP contribution in [0.2, 0.25) is 0 Å². The molecule has 3 rings (SSSR count). The summed E-state index contributed by atoms with van der Waals surface area (Å²) in [5, 5.41) is 8.79. The molecule has 0 atom stereocenters. The second-order valence-corrected chi connectivity index (χ2v) is 5.40. The highest BCUT2D eigenvalue weighted by atomic mass is 16.5. The molecule has 0 radical (unpaired) electrons. The van der Waals surface area contributed by atoms with Crippen LogP contribution in [0.3, 0.4) is 0 Å². The Bertz CT molecular complexity index is 810. The van der Waals surface area contributed by atoms with Gasteiger partial charge in [-0.05, 0) is 17.7 Å². The fourth-order valence-electron chi connectivity index (χ4n) is 2.23. The van der Waals surface area contributed by atoms with Gasteiger partial charge in [-0.25, -0.2) is 0 Å². The van der Waals surface area contributed by atoms with Gasteiger partial charge in [0.1, 0.15) is 12.4 Å². The zero-order valence-electron chi connectivity index (χ0n) is 13.9. The Balaban J connectivity index is 0.000000368. The van der Waals surface area contributed by atoms with Crippen molar-refractivity contribution in [2.75, 3.05) is 5.73 Å². The Morgan fingerprint density at radius 3 is 2.50 bits per heavy atom. The van der Waals surface area contributed by atoms with Crippen LogP contribution in [-0.4, -0.2) is 15.6 Å². The quantitative estimate of drug-likeness (QED) is 0.764. The van der Waals surface area contributed by atoms with Crippen molar-refractivity contribution in [1.82, 2.24) is 4.57 Å². The molecule has 0 unspecified atom stereocenters. The molecule has 5 heteroatoms. The first kappa shape index (κ1) is 17.4. The number of aliphatic carboxylic acids is 1. The predicted octanol–water partition coefficient (Wildman–Crippen LogP) is 3.82. The van der Waals surface area contributed by atoms with E-state index in [9.17, 15) is 4.79 Å². The third-order valence-corrected chi connectivity index (χ3v) is 3.54. The summed E-state index contributed by atoms with van der Waals surface area (Å²) in [6, 6.07) is 16.1. The number of nitrogen functional groups attached to an aromatic ring is 1. The number of hydrogen-bond acceptors (Lipinski definition) is 3. The Morgan fingerprint density at radius 2 is 1.88 bits per heavy atom. The number of ether oxygens (including phenoxy) is 1. The van der Waals surface area contributed by atoms with Gasteiger partial charge in [-0.2, -0.15) is 0 Å². The van der Waals surface area contributed by atoms with Gasteiger partial charge in [-0.1, -0.05) is 37.3 Å². The molecular weight excluding hydrogens is 304 g/mol. The van der Waals surface area contributed by atoms with Gasteiger partial charge in [0.15, 0.2) is 0 Å². The maximum absolute atomic E-state index is 9.37. The average Bonchev–Trinajstić information content (AvgIpc) is 2.88. The molecule has 0 aliphatic heterocycles. The second-order valence-electron chi connectivity index (χ2n) is 5.40. The van der Waals surface area contributed by atoms with E-state index < -0.39 is 5.97 Å². The minimum atomic E-state index is -0.745. The maximum atomic E-state index is 9.37. The summed E-state index contributed by atoms with van der Waals surface area (Å²) < 4.78 is 7.82. The monoisotopic (exact) mass is 326 g/mol. The first-order valence-electron chi connectivity index (χ1n) is 7.74. The van der Waals surface area contributed by atoms with Crippen LogP contribution in [0.5, 0.6) is 5.75 Å². The summed E-state index contributed by atoms with van der Waals surface area (Å²) in [5.41, 5.74) is 8.98. The highest BCUT2D eigenvalue weighted by molar-refractivity contribution is 5.92. The van der Waals surface area contributed by atoms with Crippen LogP contribution in [0, 0.1) is 0 Å². The van der Waals surface area contributed by atoms with E-state index in [2.05, 4.69) is 12.1 Å². The summed E-state index contributed by atoms with van der Waals surface area (Å²) in [6.07, 6.45) is 2.14. The molecule has 5 nitrogen and oxygen atoms in total. The van der Waals surface area contributed by atoms with Crippen molar-refractivity contribution in [3.63, 3.8) is 0 Å². The first-order chi connectivity index (χ1) is 11.5. The molecule has 0 spiro atoms. The predicted molar refractivity (Wildman–Crippen MR) is 96.0 cm³/mol. The molecule has 0 saturated carbocycles. The van der Waals surface area contributed by atoms with Gasteiger partial charge in [-0.15, -0.1) is 0 Å².